The summed E-state index contributed by atoms with van der Waals surface area (Å²) in [7, 11) is 0. The van der Waals surface area contributed by atoms with Gasteiger partial charge in [0.1, 0.15) is 5.82 Å². The number of imidazole rings is 1. The van der Waals surface area contributed by atoms with E-state index in [9.17, 15) is 4.79 Å². The molecule has 4 heterocycles. The summed E-state index contributed by atoms with van der Waals surface area (Å²) in [5, 5.41) is 12.8. The number of hydrogen-bond acceptors (Lipinski definition) is 7. The first-order chi connectivity index (χ1) is 17.2. The van der Waals surface area contributed by atoms with Crippen molar-refractivity contribution >= 4 is 28.2 Å². The van der Waals surface area contributed by atoms with Gasteiger partial charge in [-0.15, -0.1) is 21.5 Å². The molecule has 9 heteroatoms. The van der Waals surface area contributed by atoms with Gasteiger partial charge in [0, 0.05) is 35.9 Å². The van der Waals surface area contributed by atoms with E-state index < -0.39 is 0 Å². The number of amides is 1. The Morgan fingerprint density at radius 1 is 1.00 bits per heavy atom. The minimum absolute atomic E-state index is 0.0521. The molecule has 0 saturated carbocycles. The highest BCUT2D eigenvalue weighted by molar-refractivity contribution is 7.15. The van der Waals surface area contributed by atoms with E-state index >= 15 is 0 Å². The number of nitrogens with one attached hydrogen (secondary N) is 1. The van der Waals surface area contributed by atoms with Gasteiger partial charge in [0.15, 0.2) is 16.8 Å². The number of aryl methyl sites for hydroxylation is 2. The molecule has 1 aliphatic carbocycles. The van der Waals surface area contributed by atoms with Crippen LogP contribution in [0.25, 0.3) is 17.2 Å². The first-order valence-corrected chi connectivity index (χ1v) is 13.0. The van der Waals surface area contributed by atoms with Crippen molar-refractivity contribution in [3.63, 3.8) is 0 Å². The molecule has 35 heavy (non-hydrogen) atoms. The summed E-state index contributed by atoms with van der Waals surface area (Å²) in [4.78, 5) is 25.7. The van der Waals surface area contributed by atoms with Crippen LogP contribution in [0.1, 0.15) is 36.3 Å². The van der Waals surface area contributed by atoms with Crippen LogP contribution in [0.15, 0.2) is 54.9 Å². The second kappa shape index (κ2) is 9.58. The van der Waals surface area contributed by atoms with Crippen molar-refractivity contribution in [1.82, 2.24) is 24.7 Å². The highest BCUT2D eigenvalue weighted by Gasteiger charge is 2.28. The van der Waals surface area contributed by atoms with Gasteiger partial charge in [-0.25, -0.2) is 9.97 Å². The number of rotatable bonds is 5. The average Bonchev–Trinajstić information content (AvgIpc) is 3.56. The lowest BCUT2D eigenvalue weighted by Crippen LogP contribution is -2.41. The van der Waals surface area contributed by atoms with Gasteiger partial charge in [0.25, 0.3) is 0 Å². The third-order valence-electron chi connectivity index (χ3n) is 6.75. The van der Waals surface area contributed by atoms with Crippen LogP contribution in [-0.4, -0.2) is 43.7 Å². The van der Waals surface area contributed by atoms with Crippen molar-refractivity contribution in [2.24, 2.45) is 5.92 Å². The van der Waals surface area contributed by atoms with Crippen LogP contribution in [0.4, 0.5) is 10.9 Å². The largest absolute Gasteiger partial charge is 0.354 e. The maximum atomic E-state index is 13.0. The molecule has 1 unspecified atom stereocenters. The van der Waals surface area contributed by atoms with E-state index in [2.05, 4.69) is 30.4 Å². The molecule has 0 radical (unpaired) electrons. The first-order valence-electron chi connectivity index (χ1n) is 12.2. The van der Waals surface area contributed by atoms with Gasteiger partial charge in [-0.2, -0.15) is 0 Å². The maximum absolute atomic E-state index is 13.0. The topological polar surface area (TPSA) is 88.8 Å². The van der Waals surface area contributed by atoms with Crippen molar-refractivity contribution in [2.75, 3.05) is 23.3 Å². The number of carbonyl (C=O) groups excluding carboxylic acids is 1. The molecule has 1 N–H and O–H groups in total. The predicted molar refractivity (Wildman–Crippen MR) is 137 cm³/mol. The van der Waals surface area contributed by atoms with Crippen LogP contribution in [0.5, 0.6) is 0 Å². The van der Waals surface area contributed by atoms with Crippen LogP contribution >= 0.6 is 11.3 Å². The Kier molecular flexibility index (Phi) is 5.99. The molecule has 2 aliphatic rings. The second-order valence-corrected chi connectivity index (χ2v) is 10.2. The van der Waals surface area contributed by atoms with Crippen molar-refractivity contribution in [2.45, 2.75) is 38.5 Å². The smallest absolute Gasteiger partial charge is 0.231 e. The molecule has 0 bridgehead atoms. The van der Waals surface area contributed by atoms with E-state index in [1.165, 1.54) is 23.4 Å². The summed E-state index contributed by atoms with van der Waals surface area (Å²) < 4.78 is 1.94. The number of fused-ring (bicyclic) bond motifs is 1. The molecule has 3 aromatic heterocycles. The predicted octanol–water partition coefficient (Wildman–Crippen LogP) is 4.52. The Labute approximate surface area is 208 Å². The highest BCUT2D eigenvalue weighted by Crippen LogP contribution is 2.30. The number of anilines is 2. The van der Waals surface area contributed by atoms with Gasteiger partial charge in [0.05, 0.1) is 11.6 Å². The number of nitrogens with zero attached hydrogens (tertiary/aromatic N) is 6. The fraction of sp³-hybridized carbons (Fsp3) is 0.346. The summed E-state index contributed by atoms with van der Waals surface area (Å²) in [6.07, 6.45) is 9.99. The summed E-state index contributed by atoms with van der Waals surface area (Å²) in [6, 6.07) is 14.0. The summed E-state index contributed by atoms with van der Waals surface area (Å²) in [6.45, 7) is 1.50. The number of carbonyl (C=O) groups is 1. The van der Waals surface area contributed by atoms with E-state index in [0.717, 1.165) is 54.6 Å². The molecular formula is C26H27N7OS. The van der Waals surface area contributed by atoms with Crippen LogP contribution in [0.3, 0.4) is 0 Å². The lowest BCUT2D eigenvalue weighted by Gasteiger charge is -2.32. The Bertz CT molecular complexity index is 1290. The molecule has 1 atom stereocenters. The molecule has 1 fully saturated rings. The van der Waals surface area contributed by atoms with E-state index in [1.807, 2.05) is 53.2 Å². The van der Waals surface area contributed by atoms with E-state index in [0.29, 0.717) is 12.4 Å². The van der Waals surface area contributed by atoms with Crippen molar-refractivity contribution in [3.05, 3.63) is 65.4 Å². The molecule has 1 aliphatic heterocycles. The van der Waals surface area contributed by atoms with Gasteiger partial charge >= 0.3 is 0 Å². The molecule has 178 valence electrons. The summed E-state index contributed by atoms with van der Waals surface area (Å²) in [5.41, 5.74) is 2.19. The fourth-order valence-electron chi connectivity index (χ4n) is 4.92. The van der Waals surface area contributed by atoms with Gasteiger partial charge in [0.2, 0.25) is 5.91 Å². The molecule has 1 aromatic carbocycles. The monoisotopic (exact) mass is 485 g/mol. The molecule has 0 spiro atoms. The Morgan fingerprint density at radius 2 is 1.83 bits per heavy atom. The SMILES string of the molecule is O=C(Nc1nc2c(s1)CCCC2)C1CCCN(c2ccc(-n3ccnc3-c3ccccc3)nn2)C1. The molecule has 1 saturated heterocycles. The minimum Gasteiger partial charge on any atom is -0.354 e. The molecular weight excluding hydrogens is 458 g/mol. The minimum atomic E-state index is -0.0931. The van der Waals surface area contributed by atoms with Crippen molar-refractivity contribution in [3.8, 4) is 17.2 Å². The van der Waals surface area contributed by atoms with Crippen LogP contribution in [0, 0.1) is 5.92 Å². The molecule has 4 aromatic rings. The maximum Gasteiger partial charge on any atom is 0.231 e. The van der Waals surface area contributed by atoms with Gasteiger partial charge in [-0.05, 0) is 50.7 Å². The number of aromatic nitrogens is 5. The Morgan fingerprint density at radius 3 is 2.66 bits per heavy atom. The quantitative estimate of drug-likeness (QED) is 0.447. The third kappa shape index (κ3) is 4.55. The first kappa shape index (κ1) is 21.9. The normalized spacial score (nSPS) is 17.7. The Balaban J connectivity index is 1.14. The van der Waals surface area contributed by atoms with Crippen LogP contribution < -0.4 is 10.2 Å². The van der Waals surface area contributed by atoms with E-state index in [4.69, 9.17) is 0 Å². The van der Waals surface area contributed by atoms with Gasteiger partial charge < -0.3 is 10.2 Å². The number of piperidine rings is 1. The van der Waals surface area contributed by atoms with Gasteiger partial charge in [-0.1, -0.05) is 30.3 Å². The zero-order valence-corrected chi connectivity index (χ0v) is 20.2. The van der Waals surface area contributed by atoms with Crippen LogP contribution in [0.2, 0.25) is 0 Å². The van der Waals surface area contributed by atoms with Gasteiger partial charge in [-0.3, -0.25) is 9.36 Å². The molecule has 8 nitrogen and oxygen atoms in total. The standard InChI is InChI=1S/C26H27N7OS/c34-25(29-26-28-20-10-4-5-11-21(20)35-26)19-9-6-15-32(17-19)22-12-13-23(31-30-22)33-16-14-27-24(33)18-7-2-1-3-8-18/h1-3,7-8,12-14,16,19H,4-6,9-11,15,17H2,(H,28,29,34). The summed E-state index contributed by atoms with van der Waals surface area (Å²) >= 11 is 1.64. The lowest BCUT2D eigenvalue weighted by atomic mass is 9.97. The fourth-order valence-corrected chi connectivity index (χ4v) is 5.97. The zero-order chi connectivity index (χ0) is 23.6. The average molecular weight is 486 g/mol. The van der Waals surface area contributed by atoms with Crippen LogP contribution in [-0.2, 0) is 17.6 Å². The van der Waals surface area contributed by atoms with Crippen molar-refractivity contribution < 1.29 is 4.79 Å². The number of hydrogen-bond donors (Lipinski definition) is 1. The molecule has 1 amide bonds. The Hall–Kier alpha value is -3.59. The summed E-state index contributed by atoms with van der Waals surface area (Å²) in [5.74, 6) is 2.29. The highest BCUT2D eigenvalue weighted by atomic mass is 32.1. The van der Waals surface area contributed by atoms with E-state index in [-0.39, 0.29) is 11.8 Å². The second-order valence-electron chi connectivity index (χ2n) is 9.11. The molecule has 6 rings (SSSR count). The van der Waals surface area contributed by atoms with E-state index in [1.54, 1.807) is 17.5 Å². The lowest BCUT2D eigenvalue weighted by molar-refractivity contribution is -0.120. The third-order valence-corrected chi connectivity index (χ3v) is 7.82. The van der Waals surface area contributed by atoms with Crippen molar-refractivity contribution in [1.29, 1.82) is 0 Å². The number of thiazole rings is 1. The zero-order valence-electron chi connectivity index (χ0n) is 19.4. The number of benzene rings is 1.